The van der Waals surface area contributed by atoms with Crippen LogP contribution in [0.1, 0.15) is 0 Å². The predicted octanol–water partition coefficient (Wildman–Crippen LogP) is 5.21. The molecule has 0 atom stereocenters. The van der Waals surface area contributed by atoms with E-state index in [1.807, 2.05) is 42.5 Å². The maximum absolute atomic E-state index is 5.75. The van der Waals surface area contributed by atoms with Crippen molar-refractivity contribution in [2.75, 3.05) is 0 Å². The zero-order valence-corrected chi connectivity index (χ0v) is 10.6. The summed E-state index contributed by atoms with van der Waals surface area (Å²) in [5, 5.41) is 2.09. The van der Waals surface area contributed by atoms with Crippen LogP contribution >= 0.6 is 11.3 Å². The molecule has 1 aromatic heterocycles. The zero-order chi connectivity index (χ0) is 12.2. The van der Waals surface area contributed by atoms with E-state index in [4.69, 9.17) is 4.74 Å². The molecular weight excluding hydrogens is 240 g/mol. The van der Waals surface area contributed by atoms with Gasteiger partial charge in [-0.15, -0.1) is 11.3 Å². The van der Waals surface area contributed by atoms with Gasteiger partial charge in [-0.05, 0) is 53.4 Å². The largest absolute Gasteiger partial charge is 0.457 e. The fourth-order valence-corrected chi connectivity index (χ4v) is 2.49. The van der Waals surface area contributed by atoms with E-state index < -0.39 is 0 Å². The molecule has 0 amide bonds. The second-order valence-electron chi connectivity index (χ2n) is 3.92. The molecule has 0 saturated heterocycles. The summed E-state index contributed by atoms with van der Waals surface area (Å²) in [6, 6.07) is 22.2. The monoisotopic (exact) mass is 252 g/mol. The summed E-state index contributed by atoms with van der Waals surface area (Å²) in [6.07, 6.45) is 0. The number of para-hydroxylation sites is 1. The molecule has 0 spiro atoms. The molecule has 3 rings (SSSR count). The Morgan fingerprint density at radius 3 is 2.06 bits per heavy atom. The van der Waals surface area contributed by atoms with E-state index in [-0.39, 0.29) is 0 Å². The van der Waals surface area contributed by atoms with Gasteiger partial charge in [-0.25, -0.2) is 0 Å². The maximum atomic E-state index is 5.75. The lowest BCUT2D eigenvalue weighted by Crippen LogP contribution is -1.83. The molecule has 0 aliphatic heterocycles. The maximum Gasteiger partial charge on any atom is 0.127 e. The van der Waals surface area contributed by atoms with Gasteiger partial charge in [-0.1, -0.05) is 24.3 Å². The fourth-order valence-electron chi connectivity index (χ4n) is 1.75. The normalized spacial score (nSPS) is 10.2. The Morgan fingerprint density at radius 1 is 0.667 bits per heavy atom. The van der Waals surface area contributed by atoms with Crippen LogP contribution in [0.3, 0.4) is 0 Å². The minimum atomic E-state index is 0.862. The average Bonchev–Trinajstić information content (AvgIpc) is 2.95. The molecule has 0 fully saturated rings. The highest BCUT2D eigenvalue weighted by Crippen LogP contribution is 2.28. The molecule has 0 bridgehead atoms. The highest BCUT2D eigenvalue weighted by Gasteiger charge is 2.00. The first kappa shape index (κ1) is 11.1. The summed E-state index contributed by atoms with van der Waals surface area (Å²) in [5.41, 5.74) is 1.23. The van der Waals surface area contributed by atoms with E-state index in [1.165, 1.54) is 10.4 Å². The molecule has 0 unspecified atom stereocenters. The van der Waals surface area contributed by atoms with Gasteiger partial charge < -0.3 is 4.74 Å². The number of benzene rings is 2. The van der Waals surface area contributed by atoms with Crippen molar-refractivity contribution in [3.63, 3.8) is 0 Å². The van der Waals surface area contributed by atoms with Crippen molar-refractivity contribution in [3.05, 3.63) is 72.1 Å². The standard InChI is InChI=1S/C16H12OS/c1-2-5-14(6-3-1)17-15-10-8-13(9-11-15)16-7-4-12-18-16/h1-12H. The number of hydrogen-bond donors (Lipinski definition) is 0. The quantitative estimate of drug-likeness (QED) is 0.622. The molecule has 0 radical (unpaired) electrons. The van der Waals surface area contributed by atoms with Crippen LogP contribution in [0.25, 0.3) is 10.4 Å². The van der Waals surface area contributed by atoms with Gasteiger partial charge in [-0.2, -0.15) is 0 Å². The van der Waals surface area contributed by atoms with Gasteiger partial charge in [0, 0.05) is 4.88 Å². The lowest BCUT2D eigenvalue weighted by molar-refractivity contribution is 0.483. The molecule has 18 heavy (non-hydrogen) atoms. The van der Waals surface area contributed by atoms with Crippen molar-refractivity contribution >= 4 is 11.3 Å². The summed E-state index contributed by atoms with van der Waals surface area (Å²) < 4.78 is 5.75. The predicted molar refractivity (Wildman–Crippen MR) is 76.3 cm³/mol. The van der Waals surface area contributed by atoms with Crippen LogP contribution in [-0.2, 0) is 0 Å². The van der Waals surface area contributed by atoms with Crippen LogP contribution in [0, 0.1) is 0 Å². The lowest BCUT2D eigenvalue weighted by Gasteiger charge is -2.05. The second kappa shape index (κ2) is 5.07. The molecule has 1 nitrogen and oxygen atoms in total. The molecular formula is C16H12OS. The Balaban J connectivity index is 1.80. The number of ether oxygens (including phenoxy) is 1. The molecule has 2 heteroatoms. The molecule has 1 heterocycles. The van der Waals surface area contributed by atoms with E-state index in [9.17, 15) is 0 Å². The number of hydrogen-bond acceptors (Lipinski definition) is 2. The molecule has 0 saturated carbocycles. The highest BCUT2D eigenvalue weighted by molar-refractivity contribution is 7.13. The van der Waals surface area contributed by atoms with Crippen molar-refractivity contribution in [2.45, 2.75) is 0 Å². The van der Waals surface area contributed by atoms with Crippen molar-refractivity contribution in [1.82, 2.24) is 0 Å². The lowest BCUT2D eigenvalue weighted by atomic mass is 10.2. The van der Waals surface area contributed by atoms with Gasteiger partial charge >= 0.3 is 0 Å². The van der Waals surface area contributed by atoms with Gasteiger partial charge in [0.15, 0.2) is 0 Å². The zero-order valence-electron chi connectivity index (χ0n) is 9.74. The van der Waals surface area contributed by atoms with Crippen LogP contribution in [0.4, 0.5) is 0 Å². The minimum Gasteiger partial charge on any atom is -0.457 e. The first-order valence-corrected chi connectivity index (χ1v) is 6.67. The summed E-state index contributed by atoms with van der Waals surface area (Å²) in [4.78, 5) is 1.28. The number of rotatable bonds is 3. The first-order valence-electron chi connectivity index (χ1n) is 5.79. The van der Waals surface area contributed by atoms with Crippen LogP contribution in [0.5, 0.6) is 11.5 Å². The van der Waals surface area contributed by atoms with Crippen LogP contribution in [0.15, 0.2) is 72.1 Å². The fraction of sp³-hybridized carbons (Fsp3) is 0. The van der Waals surface area contributed by atoms with Gasteiger partial charge in [-0.3, -0.25) is 0 Å². The van der Waals surface area contributed by atoms with E-state index in [0.29, 0.717) is 0 Å². The third-order valence-corrected chi connectivity index (χ3v) is 3.56. The molecule has 88 valence electrons. The van der Waals surface area contributed by atoms with Gasteiger partial charge in [0.05, 0.1) is 0 Å². The van der Waals surface area contributed by atoms with Gasteiger partial charge in [0.25, 0.3) is 0 Å². The average molecular weight is 252 g/mol. The Bertz CT molecular complexity index is 597. The third kappa shape index (κ3) is 2.44. The molecule has 0 N–H and O–H groups in total. The van der Waals surface area contributed by atoms with Crippen molar-refractivity contribution in [2.24, 2.45) is 0 Å². The summed E-state index contributed by atoms with van der Waals surface area (Å²) >= 11 is 1.75. The third-order valence-electron chi connectivity index (χ3n) is 2.64. The highest BCUT2D eigenvalue weighted by atomic mass is 32.1. The molecule has 2 aromatic carbocycles. The van der Waals surface area contributed by atoms with Crippen LogP contribution < -0.4 is 4.74 Å². The SMILES string of the molecule is c1ccc(Oc2ccc(-c3cccs3)cc2)cc1. The molecule has 3 aromatic rings. The Labute approximate surface area is 110 Å². The van der Waals surface area contributed by atoms with Crippen molar-refractivity contribution in [3.8, 4) is 21.9 Å². The van der Waals surface area contributed by atoms with E-state index in [1.54, 1.807) is 11.3 Å². The Morgan fingerprint density at radius 2 is 1.39 bits per heavy atom. The van der Waals surface area contributed by atoms with Crippen LogP contribution in [0.2, 0.25) is 0 Å². The van der Waals surface area contributed by atoms with E-state index >= 15 is 0 Å². The van der Waals surface area contributed by atoms with Gasteiger partial charge in [0.1, 0.15) is 11.5 Å². The molecule has 0 aliphatic carbocycles. The smallest absolute Gasteiger partial charge is 0.127 e. The number of thiophene rings is 1. The topological polar surface area (TPSA) is 9.23 Å². The summed E-state index contributed by atoms with van der Waals surface area (Å²) in [7, 11) is 0. The van der Waals surface area contributed by atoms with Crippen molar-refractivity contribution < 1.29 is 4.74 Å². The first-order chi connectivity index (χ1) is 8.92. The van der Waals surface area contributed by atoms with Crippen molar-refractivity contribution in [1.29, 1.82) is 0 Å². The van der Waals surface area contributed by atoms with E-state index in [0.717, 1.165) is 11.5 Å². The summed E-state index contributed by atoms with van der Waals surface area (Å²) in [5.74, 6) is 1.72. The summed E-state index contributed by atoms with van der Waals surface area (Å²) in [6.45, 7) is 0. The second-order valence-corrected chi connectivity index (χ2v) is 4.86. The Kier molecular flexibility index (Phi) is 3.11. The van der Waals surface area contributed by atoms with E-state index in [2.05, 4.69) is 29.6 Å². The molecule has 0 aliphatic rings. The van der Waals surface area contributed by atoms with Gasteiger partial charge in [0.2, 0.25) is 0 Å². The minimum absolute atomic E-state index is 0.862. The Hall–Kier alpha value is -2.06. The van der Waals surface area contributed by atoms with Crippen LogP contribution in [-0.4, -0.2) is 0 Å².